The number of hydrogen-bond acceptors (Lipinski definition) is 4. The zero-order valence-electron chi connectivity index (χ0n) is 18.4. The van der Waals surface area contributed by atoms with Crippen LogP contribution >= 0.6 is 0 Å². The Labute approximate surface area is 167 Å². The fourth-order valence-corrected chi connectivity index (χ4v) is 3.44. The Morgan fingerprint density at radius 2 is 1.81 bits per heavy atom. The fraction of sp³-hybridized carbons (Fsp3) is 0.952. The van der Waals surface area contributed by atoms with Gasteiger partial charge in [-0.25, -0.2) is 0 Å². The van der Waals surface area contributed by atoms with Crippen molar-refractivity contribution in [1.29, 1.82) is 0 Å². The number of ether oxygens (including phenoxy) is 2. The van der Waals surface area contributed by atoms with Crippen molar-refractivity contribution in [2.45, 2.75) is 72.4 Å². The van der Waals surface area contributed by atoms with Gasteiger partial charge in [0.15, 0.2) is 5.96 Å². The topological polar surface area (TPSA) is 58.1 Å². The van der Waals surface area contributed by atoms with E-state index in [2.05, 4.69) is 55.1 Å². The molecule has 0 aromatic heterocycles. The van der Waals surface area contributed by atoms with Crippen molar-refractivity contribution in [1.82, 2.24) is 15.5 Å². The molecule has 0 aromatic rings. The quantitative estimate of drug-likeness (QED) is 0.290. The third-order valence-electron chi connectivity index (χ3n) is 4.97. The molecule has 6 heteroatoms. The molecule has 0 radical (unpaired) electrons. The molecule has 0 saturated carbocycles. The molecule has 1 fully saturated rings. The van der Waals surface area contributed by atoms with Gasteiger partial charge in [0.05, 0.1) is 0 Å². The largest absolute Gasteiger partial charge is 0.381 e. The van der Waals surface area contributed by atoms with Gasteiger partial charge >= 0.3 is 0 Å². The minimum absolute atomic E-state index is 0.591. The molecule has 1 rings (SSSR count). The molecule has 0 bridgehead atoms. The highest BCUT2D eigenvalue weighted by atomic mass is 16.5. The fourth-order valence-electron chi connectivity index (χ4n) is 3.44. The van der Waals surface area contributed by atoms with E-state index in [9.17, 15) is 0 Å². The maximum Gasteiger partial charge on any atom is 0.191 e. The van der Waals surface area contributed by atoms with Crippen molar-refractivity contribution in [2.75, 3.05) is 52.6 Å². The summed E-state index contributed by atoms with van der Waals surface area (Å²) >= 11 is 0. The monoisotopic (exact) mass is 384 g/mol. The van der Waals surface area contributed by atoms with E-state index in [-0.39, 0.29) is 0 Å². The summed E-state index contributed by atoms with van der Waals surface area (Å²) in [4.78, 5) is 7.19. The van der Waals surface area contributed by atoms with E-state index < -0.39 is 0 Å². The minimum Gasteiger partial charge on any atom is -0.381 e. The molecule has 0 spiro atoms. The second kappa shape index (κ2) is 15.1. The van der Waals surface area contributed by atoms with Crippen LogP contribution in [-0.4, -0.2) is 75.5 Å². The van der Waals surface area contributed by atoms with Crippen molar-refractivity contribution in [3.8, 4) is 0 Å². The number of nitrogens with one attached hydrogen (secondary N) is 2. The van der Waals surface area contributed by atoms with E-state index in [1.807, 2.05) is 0 Å². The van der Waals surface area contributed by atoms with Crippen LogP contribution in [0.2, 0.25) is 0 Å². The van der Waals surface area contributed by atoms with Crippen LogP contribution in [0.15, 0.2) is 4.99 Å². The van der Waals surface area contributed by atoms with E-state index in [1.165, 1.54) is 0 Å². The third-order valence-corrected chi connectivity index (χ3v) is 4.97. The van der Waals surface area contributed by atoms with Crippen LogP contribution in [0.4, 0.5) is 0 Å². The molecule has 0 aromatic carbocycles. The number of hydrogen-bond donors (Lipinski definition) is 2. The standard InChI is InChI=1S/C21H44N4O2/c1-6-22-21(23-11-7-13-25(18(2)3)19(4)5)24-12-8-14-27-17-20-9-15-26-16-10-20/h18-20H,6-17H2,1-5H3,(H2,22,23,24). The zero-order chi connectivity index (χ0) is 19.9. The maximum atomic E-state index is 5.81. The van der Waals surface area contributed by atoms with Crippen LogP contribution in [-0.2, 0) is 9.47 Å². The summed E-state index contributed by atoms with van der Waals surface area (Å²) in [5, 5.41) is 6.78. The van der Waals surface area contributed by atoms with Crippen molar-refractivity contribution in [2.24, 2.45) is 10.9 Å². The lowest BCUT2D eigenvalue weighted by Crippen LogP contribution is -2.41. The molecule has 2 N–H and O–H groups in total. The molecule has 6 nitrogen and oxygen atoms in total. The lowest BCUT2D eigenvalue weighted by atomic mass is 10.0. The number of rotatable bonds is 13. The van der Waals surface area contributed by atoms with Crippen molar-refractivity contribution < 1.29 is 9.47 Å². The van der Waals surface area contributed by atoms with Crippen LogP contribution < -0.4 is 10.6 Å². The highest BCUT2D eigenvalue weighted by Crippen LogP contribution is 2.14. The predicted octanol–water partition coefficient (Wildman–Crippen LogP) is 2.88. The lowest BCUT2D eigenvalue weighted by Gasteiger charge is -2.30. The molecule has 1 heterocycles. The SMILES string of the molecule is CCNC(=NCCCOCC1CCOCC1)NCCCN(C(C)C)C(C)C. The van der Waals surface area contributed by atoms with Crippen LogP contribution in [0.25, 0.3) is 0 Å². The summed E-state index contributed by atoms with van der Waals surface area (Å²) in [5.41, 5.74) is 0. The summed E-state index contributed by atoms with van der Waals surface area (Å²) in [6.07, 6.45) is 4.36. The molecule has 27 heavy (non-hydrogen) atoms. The summed E-state index contributed by atoms with van der Waals surface area (Å²) in [7, 11) is 0. The number of nitrogens with zero attached hydrogens (tertiary/aromatic N) is 2. The van der Waals surface area contributed by atoms with Gasteiger partial charge < -0.3 is 20.1 Å². The van der Waals surface area contributed by atoms with E-state index in [1.54, 1.807) is 0 Å². The molecule has 1 saturated heterocycles. The van der Waals surface area contributed by atoms with Gasteiger partial charge in [0, 0.05) is 64.7 Å². The Morgan fingerprint density at radius 1 is 1.11 bits per heavy atom. The van der Waals surface area contributed by atoms with E-state index >= 15 is 0 Å². The first-order chi connectivity index (χ1) is 13.0. The molecule has 0 aliphatic carbocycles. The lowest BCUT2D eigenvalue weighted by molar-refractivity contribution is 0.0205. The van der Waals surface area contributed by atoms with Crippen LogP contribution in [0.3, 0.4) is 0 Å². The maximum absolute atomic E-state index is 5.81. The molecule has 0 unspecified atom stereocenters. The normalized spacial score (nSPS) is 16.5. The summed E-state index contributed by atoms with van der Waals surface area (Å²) in [5.74, 6) is 1.60. The van der Waals surface area contributed by atoms with Gasteiger partial charge in [-0.1, -0.05) is 0 Å². The minimum atomic E-state index is 0.591. The van der Waals surface area contributed by atoms with Gasteiger partial charge in [-0.2, -0.15) is 0 Å². The molecular formula is C21H44N4O2. The summed E-state index contributed by atoms with van der Waals surface area (Å²) < 4.78 is 11.2. The summed E-state index contributed by atoms with van der Waals surface area (Å²) in [6, 6.07) is 1.18. The van der Waals surface area contributed by atoms with Gasteiger partial charge in [0.2, 0.25) is 0 Å². The van der Waals surface area contributed by atoms with Gasteiger partial charge in [-0.15, -0.1) is 0 Å². The predicted molar refractivity (Wildman–Crippen MR) is 115 cm³/mol. The smallest absolute Gasteiger partial charge is 0.191 e. The number of guanidine groups is 1. The second-order valence-electron chi connectivity index (χ2n) is 7.95. The van der Waals surface area contributed by atoms with E-state index in [0.29, 0.717) is 18.0 Å². The molecule has 1 aliphatic heterocycles. The third kappa shape index (κ3) is 11.6. The van der Waals surface area contributed by atoms with Crippen molar-refractivity contribution in [3.63, 3.8) is 0 Å². The Kier molecular flexibility index (Phi) is 13.5. The molecule has 1 aliphatic rings. The Balaban J connectivity index is 2.15. The average molecular weight is 385 g/mol. The Bertz CT molecular complexity index is 374. The zero-order valence-corrected chi connectivity index (χ0v) is 18.4. The van der Waals surface area contributed by atoms with Crippen molar-refractivity contribution >= 4 is 5.96 Å². The van der Waals surface area contributed by atoms with Crippen molar-refractivity contribution in [3.05, 3.63) is 0 Å². The molecule has 160 valence electrons. The van der Waals surface area contributed by atoms with Crippen LogP contribution in [0.1, 0.15) is 60.3 Å². The van der Waals surface area contributed by atoms with Gasteiger partial charge in [0.25, 0.3) is 0 Å². The van der Waals surface area contributed by atoms with E-state index in [4.69, 9.17) is 9.47 Å². The van der Waals surface area contributed by atoms with Gasteiger partial charge in [0.1, 0.15) is 0 Å². The Morgan fingerprint density at radius 3 is 2.44 bits per heavy atom. The second-order valence-corrected chi connectivity index (χ2v) is 7.95. The van der Waals surface area contributed by atoms with Crippen LogP contribution in [0.5, 0.6) is 0 Å². The average Bonchev–Trinajstić information content (AvgIpc) is 2.64. The first-order valence-electron chi connectivity index (χ1n) is 11.0. The van der Waals surface area contributed by atoms with E-state index in [0.717, 1.165) is 84.2 Å². The first kappa shape index (κ1) is 24.2. The first-order valence-corrected chi connectivity index (χ1v) is 11.0. The summed E-state index contributed by atoms with van der Waals surface area (Å²) in [6.45, 7) is 18.4. The molecule has 0 atom stereocenters. The number of aliphatic imine (C=N–C) groups is 1. The van der Waals surface area contributed by atoms with Crippen LogP contribution in [0, 0.1) is 5.92 Å². The van der Waals surface area contributed by atoms with Gasteiger partial charge in [-0.3, -0.25) is 9.89 Å². The molecular weight excluding hydrogens is 340 g/mol. The highest BCUT2D eigenvalue weighted by molar-refractivity contribution is 5.79. The Hall–Kier alpha value is -0.850. The highest BCUT2D eigenvalue weighted by Gasteiger charge is 2.13. The van der Waals surface area contributed by atoms with Gasteiger partial charge in [-0.05, 0) is 66.2 Å². The molecule has 0 amide bonds.